The molecule has 8 heteroatoms. The SMILES string of the molecule is C=C(C)C(=O)OCCC(C=C(C)C(=O)O)(CC(=O)O)C(=O)O. The van der Waals surface area contributed by atoms with Crippen LogP contribution in [0.5, 0.6) is 0 Å². The first kappa shape index (κ1) is 19.4. The maximum Gasteiger partial charge on any atom is 0.333 e. The van der Waals surface area contributed by atoms with Gasteiger partial charge in [0, 0.05) is 17.6 Å². The van der Waals surface area contributed by atoms with Crippen LogP contribution in [0.4, 0.5) is 0 Å². The molecule has 0 rings (SSSR count). The topological polar surface area (TPSA) is 138 Å². The van der Waals surface area contributed by atoms with Crippen molar-refractivity contribution in [3.63, 3.8) is 0 Å². The van der Waals surface area contributed by atoms with Crippen LogP contribution in [0.1, 0.15) is 26.7 Å². The van der Waals surface area contributed by atoms with Crippen LogP contribution in [0.2, 0.25) is 0 Å². The Morgan fingerprint density at radius 3 is 2.05 bits per heavy atom. The molecule has 0 saturated carbocycles. The number of aliphatic carboxylic acids is 3. The summed E-state index contributed by atoms with van der Waals surface area (Å²) in [5.74, 6) is -5.03. The van der Waals surface area contributed by atoms with E-state index >= 15 is 0 Å². The predicted octanol–water partition coefficient (Wildman–Crippen LogP) is 1.07. The molecule has 0 bridgehead atoms. The van der Waals surface area contributed by atoms with E-state index in [0.717, 1.165) is 13.0 Å². The molecule has 0 spiro atoms. The Morgan fingerprint density at radius 1 is 1.14 bits per heavy atom. The number of rotatable bonds is 9. The lowest BCUT2D eigenvalue weighted by atomic mass is 9.79. The Hall–Kier alpha value is -2.64. The largest absolute Gasteiger partial charge is 0.481 e. The first-order valence-electron chi connectivity index (χ1n) is 6.22. The number of carbonyl (C=O) groups excluding carboxylic acids is 1. The van der Waals surface area contributed by atoms with Gasteiger partial charge in [0.1, 0.15) is 5.41 Å². The molecule has 0 fully saturated rings. The van der Waals surface area contributed by atoms with Gasteiger partial charge in [-0.1, -0.05) is 12.7 Å². The molecule has 0 aliphatic heterocycles. The third-order valence-corrected chi connectivity index (χ3v) is 2.85. The minimum atomic E-state index is -1.98. The molecule has 0 radical (unpaired) electrons. The minimum absolute atomic E-state index is 0.108. The van der Waals surface area contributed by atoms with Crippen molar-refractivity contribution in [3.05, 3.63) is 23.8 Å². The molecular formula is C14H18O8. The van der Waals surface area contributed by atoms with Crippen LogP contribution in [-0.4, -0.2) is 45.8 Å². The molecule has 1 unspecified atom stereocenters. The average molecular weight is 314 g/mol. The van der Waals surface area contributed by atoms with E-state index in [0.29, 0.717) is 0 Å². The van der Waals surface area contributed by atoms with Gasteiger partial charge < -0.3 is 20.1 Å². The van der Waals surface area contributed by atoms with Crippen molar-refractivity contribution >= 4 is 23.9 Å². The molecule has 3 N–H and O–H groups in total. The predicted molar refractivity (Wildman–Crippen MR) is 74.1 cm³/mol. The van der Waals surface area contributed by atoms with Crippen molar-refractivity contribution in [3.8, 4) is 0 Å². The van der Waals surface area contributed by atoms with Crippen molar-refractivity contribution in [2.75, 3.05) is 6.61 Å². The number of carboxylic acid groups (broad SMARTS) is 3. The molecule has 8 nitrogen and oxygen atoms in total. The minimum Gasteiger partial charge on any atom is -0.481 e. The third kappa shape index (κ3) is 5.78. The lowest BCUT2D eigenvalue weighted by Crippen LogP contribution is -2.34. The maximum absolute atomic E-state index is 11.5. The summed E-state index contributed by atoms with van der Waals surface area (Å²) in [6.07, 6.45) is -0.351. The fourth-order valence-electron chi connectivity index (χ4n) is 1.65. The molecule has 22 heavy (non-hydrogen) atoms. The van der Waals surface area contributed by atoms with Gasteiger partial charge in [0.25, 0.3) is 0 Å². The van der Waals surface area contributed by atoms with Crippen LogP contribution < -0.4 is 0 Å². The molecule has 0 aromatic carbocycles. The van der Waals surface area contributed by atoms with E-state index in [9.17, 15) is 24.3 Å². The maximum atomic E-state index is 11.5. The van der Waals surface area contributed by atoms with Crippen molar-refractivity contribution in [1.82, 2.24) is 0 Å². The Balaban J connectivity index is 5.38. The molecular weight excluding hydrogens is 296 g/mol. The monoisotopic (exact) mass is 314 g/mol. The van der Waals surface area contributed by atoms with Gasteiger partial charge in [0.2, 0.25) is 0 Å². The Kier molecular flexibility index (Phi) is 7.01. The molecule has 0 saturated heterocycles. The average Bonchev–Trinajstić information content (AvgIpc) is 2.36. The zero-order chi connectivity index (χ0) is 17.5. The molecule has 0 amide bonds. The molecule has 122 valence electrons. The van der Waals surface area contributed by atoms with E-state index in [2.05, 4.69) is 6.58 Å². The van der Waals surface area contributed by atoms with Crippen LogP contribution >= 0.6 is 0 Å². The van der Waals surface area contributed by atoms with Gasteiger partial charge >= 0.3 is 23.9 Å². The molecule has 0 aliphatic carbocycles. The van der Waals surface area contributed by atoms with Crippen LogP contribution in [0.3, 0.4) is 0 Å². The van der Waals surface area contributed by atoms with E-state index in [1.165, 1.54) is 6.92 Å². The summed E-state index contributed by atoms with van der Waals surface area (Å²) in [5.41, 5.74) is -2.18. The van der Waals surface area contributed by atoms with E-state index in [1.54, 1.807) is 0 Å². The second-order valence-electron chi connectivity index (χ2n) is 4.83. The van der Waals surface area contributed by atoms with Crippen LogP contribution in [-0.2, 0) is 23.9 Å². The van der Waals surface area contributed by atoms with Crippen LogP contribution in [0, 0.1) is 5.41 Å². The number of hydrogen-bond acceptors (Lipinski definition) is 5. The number of carbonyl (C=O) groups is 4. The quantitative estimate of drug-likeness (QED) is 0.424. The Morgan fingerprint density at radius 2 is 1.68 bits per heavy atom. The highest BCUT2D eigenvalue weighted by molar-refractivity contribution is 5.90. The van der Waals surface area contributed by atoms with Gasteiger partial charge in [-0.05, 0) is 13.8 Å². The van der Waals surface area contributed by atoms with Gasteiger partial charge in [-0.15, -0.1) is 0 Å². The highest BCUT2D eigenvalue weighted by Gasteiger charge is 2.39. The summed E-state index contributed by atoms with van der Waals surface area (Å²) in [7, 11) is 0. The number of ether oxygens (including phenoxy) is 1. The smallest absolute Gasteiger partial charge is 0.333 e. The second-order valence-corrected chi connectivity index (χ2v) is 4.83. The van der Waals surface area contributed by atoms with E-state index in [1.807, 2.05) is 0 Å². The van der Waals surface area contributed by atoms with Gasteiger partial charge in [-0.3, -0.25) is 9.59 Å². The summed E-state index contributed by atoms with van der Waals surface area (Å²) in [6, 6.07) is 0. The third-order valence-electron chi connectivity index (χ3n) is 2.85. The fourth-order valence-corrected chi connectivity index (χ4v) is 1.65. The van der Waals surface area contributed by atoms with Gasteiger partial charge in [-0.2, -0.15) is 0 Å². The summed E-state index contributed by atoms with van der Waals surface area (Å²) in [6.45, 7) is 5.53. The zero-order valence-corrected chi connectivity index (χ0v) is 12.3. The summed E-state index contributed by atoms with van der Waals surface area (Å²) >= 11 is 0. The van der Waals surface area contributed by atoms with Crippen molar-refractivity contribution in [2.24, 2.45) is 5.41 Å². The van der Waals surface area contributed by atoms with Crippen molar-refractivity contribution in [2.45, 2.75) is 26.7 Å². The lowest BCUT2D eigenvalue weighted by Gasteiger charge is -2.24. The summed E-state index contributed by atoms with van der Waals surface area (Å²) in [5, 5.41) is 27.0. The van der Waals surface area contributed by atoms with Crippen molar-refractivity contribution < 1.29 is 39.2 Å². The molecule has 0 aliphatic rings. The van der Waals surface area contributed by atoms with E-state index in [4.69, 9.17) is 14.9 Å². The molecule has 1 atom stereocenters. The van der Waals surface area contributed by atoms with Gasteiger partial charge in [-0.25, -0.2) is 9.59 Å². The van der Waals surface area contributed by atoms with Gasteiger partial charge in [0.05, 0.1) is 13.0 Å². The highest BCUT2D eigenvalue weighted by Crippen LogP contribution is 2.31. The first-order valence-corrected chi connectivity index (χ1v) is 6.22. The van der Waals surface area contributed by atoms with E-state index < -0.39 is 35.7 Å². The number of esters is 1. The number of carboxylic acids is 3. The Labute approximate surface area is 126 Å². The summed E-state index contributed by atoms with van der Waals surface area (Å²) in [4.78, 5) is 44.5. The second kappa shape index (κ2) is 7.96. The first-order chi connectivity index (χ1) is 10.0. The number of hydrogen-bond donors (Lipinski definition) is 3. The molecule has 0 aromatic rings. The van der Waals surface area contributed by atoms with Crippen LogP contribution in [0.15, 0.2) is 23.8 Å². The standard InChI is InChI=1S/C14H18O8/c1-8(2)12(19)22-5-4-14(13(20)21,7-10(15)16)6-9(3)11(17)18/h6H,1,4-5,7H2,2-3H3,(H,15,16)(H,17,18)(H,20,21). The zero-order valence-electron chi connectivity index (χ0n) is 12.3. The fraction of sp³-hybridized carbons (Fsp3) is 0.429. The van der Waals surface area contributed by atoms with Crippen LogP contribution in [0.25, 0.3) is 0 Å². The van der Waals surface area contributed by atoms with Gasteiger partial charge in [0.15, 0.2) is 0 Å². The summed E-state index contributed by atoms with van der Waals surface area (Å²) < 4.78 is 4.76. The molecule has 0 aromatic heterocycles. The molecule has 0 heterocycles. The lowest BCUT2D eigenvalue weighted by molar-refractivity contribution is -0.155. The van der Waals surface area contributed by atoms with E-state index in [-0.39, 0.29) is 24.2 Å². The van der Waals surface area contributed by atoms with Crippen molar-refractivity contribution in [1.29, 1.82) is 0 Å². The highest BCUT2D eigenvalue weighted by atomic mass is 16.5. The Bertz CT molecular complexity index is 531. The normalized spacial score (nSPS) is 13.8.